The lowest BCUT2D eigenvalue weighted by Gasteiger charge is -2.05. The Morgan fingerprint density at radius 3 is 1.05 bits per heavy atom. The maximum absolute atomic E-state index is 5.68. The van der Waals surface area contributed by atoms with Crippen LogP contribution in [0.1, 0.15) is 168 Å². The molecule has 0 bridgehead atoms. The number of hydrogen-bond acceptors (Lipinski definition) is 1. The van der Waals surface area contributed by atoms with Crippen molar-refractivity contribution in [3.63, 3.8) is 0 Å². The van der Waals surface area contributed by atoms with Gasteiger partial charge in [0.05, 0.1) is 0 Å². The van der Waals surface area contributed by atoms with Gasteiger partial charge < -0.3 is 5.73 Å². The van der Waals surface area contributed by atoms with Crippen LogP contribution in [0.4, 0.5) is 0 Å². The van der Waals surface area contributed by atoms with E-state index < -0.39 is 0 Å². The van der Waals surface area contributed by atoms with Crippen LogP contribution < -0.4 is 5.73 Å². The molecule has 0 aliphatic rings. The van der Waals surface area contributed by atoms with Crippen LogP contribution in [0, 0.1) is 24.7 Å². The molecule has 0 aliphatic carbocycles. The Morgan fingerprint density at radius 1 is 0.625 bits per heavy atom. The minimum Gasteiger partial charge on any atom is -0.398 e. The molecule has 0 radical (unpaired) electrons. The van der Waals surface area contributed by atoms with Gasteiger partial charge in [0.15, 0.2) is 0 Å². The Hall–Kier alpha value is -1.94. The molecular formula is C39H79N. The summed E-state index contributed by atoms with van der Waals surface area (Å²) in [4.78, 5) is 0. The first-order chi connectivity index (χ1) is 18.4. The Labute approximate surface area is 258 Å². The van der Waals surface area contributed by atoms with E-state index >= 15 is 0 Å². The van der Waals surface area contributed by atoms with Gasteiger partial charge in [-0.3, -0.25) is 0 Å². The summed E-state index contributed by atoms with van der Waals surface area (Å²) in [6.45, 7) is 46.6. The van der Waals surface area contributed by atoms with E-state index in [1.165, 1.54) is 75.4 Å². The first-order valence-corrected chi connectivity index (χ1v) is 15.8. The number of rotatable bonds is 11. The van der Waals surface area contributed by atoms with E-state index in [9.17, 15) is 0 Å². The number of unbranched alkanes of at least 4 members (excludes halogenated alkanes) is 4. The SMILES string of the molecule is C#C.C=C(C)/C(C)=C(/N)C(=C)C.C=C(C)C.C=C(C)CCCC.CC(C)C.CCCC(C)CC.CCCCCC. The van der Waals surface area contributed by atoms with Crippen LogP contribution in [-0.2, 0) is 0 Å². The van der Waals surface area contributed by atoms with Crippen LogP contribution in [0.5, 0.6) is 0 Å². The highest BCUT2D eigenvalue weighted by molar-refractivity contribution is 5.37. The summed E-state index contributed by atoms with van der Waals surface area (Å²) >= 11 is 0. The molecule has 0 aromatic rings. The Morgan fingerprint density at radius 2 is 0.950 bits per heavy atom. The van der Waals surface area contributed by atoms with Crippen molar-refractivity contribution in [2.45, 2.75) is 168 Å². The summed E-state index contributed by atoms with van der Waals surface area (Å²) in [6.07, 6.45) is 21.4. The third-order valence-corrected chi connectivity index (χ3v) is 4.90. The number of allylic oxidation sites excluding steroid dienone is 5. The predicted octanol–water partition coefficient (Wildman–Crippen LogP) is 14.0. The predicted molar refractivity (Wildman–Crippen MR) is 196 cm³/mol. The standard InChI is InChI=1S/C9H15N.C7H14.C7H16.C6H14.C4H10.C4H8.C2H2/c1-6(2)8(5)9(10)7(3)4;1-4-5-6-7(2)3;1-4-6-7(3)5-2;1-3-5-6-4-2;2*1-4(2)3;1-2/h1,3,10H2,2,4-5H3;2,4-6H2,1,3H3;7H,4-6H2,1-3H3;3-6H2,1-2H3;4H,1-3H3;1H2,2-3H3;1-2H/b9-8+;;;;;;. The maximum Gasteiger partial charge on any atom is 0.0369 e. The topological polar surface area (TPSA) is 26.0 Å². The first kappa shape index (κ1) is 54.2. The zero-order valence-corrected chi connectivity index (χ0v) is 30.8. The highest BCUT2D eigenvalue weighted by atomic mass is 14.6. The number of nitrogens with two attached hydrogens (primary N) is 1. The third-order valence-electron chi connectivity index (χ3n) is 4.90. The van der Waals surface area contributed by atoms with Gasteiger partial charge in [-0.1, -0.05) is 144 Å². The van der Waals surface area contributed by atoms with E-state index in [0.29, 0.717) is 0 Å². The fourth-order valence-electron chi connectivity index (χ4n) is 2.23. The van der Waals surface area contributed by atoms with E-state index in [1.807, 2.05) is 34.6 Å². The van der Waals surface area contributed by atoms with E-state index in [4.69, 9.17) is 5.73 Å². The van der Waals surface area contributed by atoms with Crippen LogP contribution in [-0.4, -0.2) is 0 Å². The molecule has 240 valence electrons. The lowest BCUT2D eigenvalue weighted by atomic mass is 10.0. The molecule has 0 saturated carbocycles. The summed E-state index contributed by atoms with van der Waals surface area (Å²) in [5.41, 5.74) is 11.8. The Kier molecular flexibility index (Phi) is 63.5. The highest BCUT2D eigenvalue weighted by Gasteiger charge is 1.97. The van der Waals surface area contributed by atoms with E-state index in [2.05, 4.69) is 108 Å². The summed E-state index contributed by atoms with van der Waals surface area (Å²) in [5, 5.41) is 0. The molecule has 0 aromatic heterocycles. The molecule has 1 atom stereocenters. The van der Waals surface area contributed by atoms with Crippen molar-refractivity contribution in [1.82, 2.24) is 0 Å². The molecule has 1 nitrogen and oxygen atoms in total. The van der Waals surface area contributed by atoms with Crippen molar-refractivity contribution >= 4 is 0 Å². The fraction of sp³-hybridized carbons (Fsp3) is 0.692. The molecule has 0 rings (SSSR count). The van der Waals surface area contributed by atoms with Crippen molar-refractivity contribution in [3.8, 4) is 12.8 Å². The molecule has 0 heterocycles. The molecule has 1 heteroatoms. The van der Waals surface area contributed by atoms with Crippen molar-refractivity contribution in [3.05, 3.63) is 59.9 Å². The van der Waals surface area contributed by atoms with Gasteiger partial charge in [-0.05, 0) is 77.4 Å². The van der Waals surface area contributed by atoms with Gasteiger partial charge in [0.2, 0.25) is 0 Å². The molecule has 0 fully saturated rings. The largest absolute Gasteiger partial charge is 0.398 e. The average Bonchev–Trinajstić information content (AvgIpc) is 2.86. The van der Waals surface area contributed by atoms with Crippen molar-refractivity contribution in [2.24, 2.45) is 17.6 Å². The lowest BCUT2D eigenvalue weighted by molar-refractivity contribution is 0.509. The van der Waals surface area contributed by atoms with Gasteiger partial charge in [0, 0.05) is 5.70 Å². The summed E-state index contributed by atoms with van der Waals surface area (Å²) in [6, 6.07) is 0. The summed E-state index contributed by atoms with van der Waals surface area (Å²) in [7, 11) is 0. The smallest absolute Gasteiger partial charge is 0.0369 e. The average molecular weight is 562 g/mol. The molecule has 1 unspecified atom stereocenters. The normalized spacial score (nSPS) is 10.1. The lowest BCUT2D eigenvalue weighted by Crippen LogP contribution is -2.01. The monoisotopic (exact) mass is 562 g/mol. The molecule has 0 amide bonds. The van der Waals surface area contributed by atoms with Crippen molar-refractivity contribution in [2.75, 3.05) is 0 Å². The fourth-order valence-corrected chi connectivity index (χ4v) is 2.23. The zero-order chi connectivity index (χ0) is 33.7. The van der Waals surface area contributed by atoms with Crippen LogP contribution >= 0.6 is 0 Å². The second-order valence-corrected chi connectivity index (χ2v) is 11.6. The molecular weight excluding hydrogens is 482 g/mol. The quantitative estimate of drug-likeness (QED) is 0.115. The zero-order valence-electron chi connectivity index (χ0n) is 30.8. The molecule has 0 aliphatic heterocycles. The van der Waals surface area contributed by atoms with Gasteiger partial charge in [0.25, 0.3) is 0 Å². The minimum atomic E-state index is 0.757. The van der Waals surface area contributed by atoms with Crippen LogP contribution in [0.2, 0.25) is 0 Å². The van der Waals surface area contributed by atoms with Crippen molar-refractivity contribution in [1.29, 1.82) is 0 Å². The van der Waals surface area contributed by atoms with E-state index in [0.717, 1.165) is 34.3 Å². The molecule has 0 spiro atoms. The Bertz CT molecular complexity index is 565. The highest BCUT2D eigenvalue weighted by Crippen LogP contribution is 2.12. The van der Waals surface area contributed by atoms with Gasteiger partial charge in [0.1, 0.15) is 0 Å². The van der Waals surface area contributed by atoms with Crippen LogP contribution in [0.3, 0.4) is 0 Å². The second kappa shape index (κ2) is 46.9. The number of hydrogen-bond donors (Lipinski definition) is 1. The van der Waals surface area contributed by atoms with Gasteiger partial charge in [-0.15, -0.1) is 26.0 Å². The van der Waals surface area contributed by atoms with E-state index in [1.54, 1.807) is 0 Å². The summed E-state index contributed by atoms with van der Waals surface area (Å²) in [5.74, 6) is 1.78. The molecule has 0 saturated heterocycles. The minimum absolute atomic E-state index is 0.757. The maximum atomic E-state index is 5.68. The van der Waals surface area contributed by atoms with Gasteiger partial charge in [-0.2, -0.15) is 0 Å². The van der Waals surface area contributed by atoms with Crippen molar-refractivity contribution < 1.29 is 0 Å². The Balaban J connectivity index is -0.0000000662. The second-order valence-electron chi connectivity index (χ2n) is 11.6. The molecule has 0 aromatic carbocycles. The molecule has 2 N–H and O–H groups in total. The van der Waals surface area contributed by atoms with E-state index in [-0.39, 0.29) is 0 Å². The first-order valence-electron chi connectivity index (χ1n) is 15.8. The number of terminal acetylenes is 1. The summed E-state index contributed by atoms with van der Waals surface area (Å²) < 4.78 is 0. The van der Waals surface area contributed by atoms with Crippen LogP contribution in [0.15, 0.2) is 59.9 Å². The van der Waals surface area contributed by atoms with Gasteiger partial charge >= 0.3 is 0 Å². The molecule has 40 heavy (non-hydrogen) atoms. The third kappa shape index (κ3) is 91.1. The van der Waals surface area contributed by atoms with Crippen LogP contribution in [0.25, 0.3) is 0 Å². The van der Waals surface area contributed by atoms with Gasteiger partial charge in [-0.25, -0.2) is 0 Å².